The van der Waals surface area contributed by atoms with E-state index >= 15 is 0 Å². The van der Waals surface area contributed by atoms with Crippen LogP contribution in [0, 0.1) is 20.8 Å². The summed E-state index contributed by atoms with van der Waals surface area (Å²) in [6, 6.07) is 5.40. The third-order valence-electron chi connectivity index (χ3n) is 7.21. The number of nitrogens with one attached hydrogen (secondary N) is 2. The van der Waals surface area contributed by atoms with Crippen molar-refractivity contribution in [2.45, 2.75) is 52.2 Å². The zero-order valence-corrected chi connectivity index (χ0v) is 25.0. The molecule has 1 aromatic carbocycles. The second-order valence-corrected chi connectivity index (χ2v) is 10.7. The van der Waals surface area contributed by atoms with Gasteiger partial charge in [-0.1, -0.05) is 16.8 Å². The van der Waals surface area contributed by atoms with Gasteiger partial charge in [-0.05, 0) is 65.3 Å². The molecule has 0 aliphatic carbocycles. The molecule has 1 fully saturated rings. The summed E-state index contributed by atoms with van der Waals surface area (Å²) in [7, 11) is 3.31. The molecule has 1 amide bonds. The molecule has 11 nitrogen and oxygen atoms in total. The van der Waals surface area contributed by atoms with Crippen molar-refractivity contribution in [1.29, 1.82) is 0 Å². The van der Waals surface area contributed by atoms with E-state index in [1.807, 2.05) is 25.7 Å². The van der Waals surface area contributed by atoms with Crippen molar-refractivity contribution in [2.24, 2.45) is 0 Å². The minimum Gasteiger partial charge on any atom is -0.491 e. The number of hydrogen-bond donors (Lipinski definition) is 3. The van der Waals surface area contributed by atoms with E-state index in [0.717, 1.165) is 42.6 Å². The van der Waals surface area contributed by atoms with Crippen LogP contribution in [0.2, 0.25) is 5.02 Å². The van der Waals surface area contributed by atoms with Crippen LogP contribution in [0.4, 0.5) is 5.82 Å². The predicted molar refractivity (Wildman–Crippen MR) is 157 cm³/mol. The molecular weight excluding hydrogens is 548 g/mol. The van der Waals surface area contributed by atoms with Crippen molar-refractivity contribution in [3.05, 3.63) is 40.2 Å². The Morgan fingerprint density at radius 3 is 2.80 bits per heavy atom. The van der Waals surface area contributed by atoms with E-state index in [4.69, 9.17) is 35.6 Å². The molecular formula is C29H39ClN6O5. The highest BCUT2D eigenvalue weighted by Crippen LogP contribution is 2.36. The lowest BCUT2D eigenvalue weighted by atomic mass is 10.0. The van der Waals surface area contributed by atoms with Gasteiger partial charge in [0, 0.05) is 43.9 Å². The average molecular weight is 587 g/mol. The zero-order valence-electron chi connectivity index (χ0n) is 24.3. The number of amides is 1. The van der Waals surface area contributed by atoms with Gasteiger partial charge in [0.2, 0.25) is 5.91 Å². The summed E-state index contributed by atoms with van der Waals surface area (Å²) in [5.74, 6) is 2.29. The van der Waals surface area contributed by atoms with Crippen molar-refractivity contribution in [3.8, 4) is 28.4 Å². The van der Waals surface area contributed by atoms with E-state index < -0.39 is 6.10 Å². The Labute approximate surface area is 245 Å². The molecule has 2 aromatic heterocycles. The molecule has 0 radical (unpaired) electrons. The maximum absolute atomic E-state index is 12.5. The number of rotatable bonds is 13. The topological polar surface area (TPSA) is 135 Å². The number of aliphatic hydroxyl groups excluding tert-OH is 1. The summed E-state index contributed by atoms with van der Waals surface area (Å²) in [6.45, 7) is 7.69. The molecule has 41 heavy (non-hydrogen) atoms. The first-order chi connectivity index (χ1) is 19.7. The number of hydrogen-bond acceptors (Lipinski definition) is 10. The summed E-state index contributed by atoms with van der Waals surface area (Å²) in [5, 5.41) is 21.1. The number of aliphatic hydroxyl groups is 1. The van der Waals surface area contributed by atoms with Crippen molar-refractivity contribution in [3.63, 3.8) is 0 Å². The smallest absolute Gasteiger partial charge is 0.248 e. The Morgan fingerprint density at radius 1 is 1.29 bits per heavy atom. The van der Waals surface area contributed by atoms with Gasteiger partial charge >= 0.3 is 0 Å². The van der Waals surface area contributed by atoms with Gasteiger partial charge in [-0.2, -0.15) is 0 Å². The van der Waals surface area contributed by atoms with Crippen LogP contribution in [0.15, 0.2) is 22.7 Å². The van der Waals surface area contributed by atoms with E-state index in [1.165, 1.54) is 7.11 Å². The van der Waals surface area contributed by atoms with E-state index in [-0.39, 0.29) is 25.2 Å². The molecule has 1 aliphatic rings. The van der Waals surface area contributed by atoms with E-state index in [0.29, 0.717) is 52.5 Å². The fourth-order valence-electron chi connectivity index (χ4n) is 5.15. The number of carbonyl (C=O) groups is 1. The second kappa shape index (κ2) is 14.1. The Bertz CT molecular complexity index is 1330. The third-order valence-corrected chi connectivity index (χ3v) is 7.54. The molecule has 222 valence electrons. The van der Waals surface area contributed by atoms with Crippen LogP contribution in [-0.4, -0.2) is 90.2 Å². The number of carbonyl (C=O) groups excluding carboxylic acids is 1. The van der Waals surface area contributed by atoms with E-state index in [2.05, 4.69) is 15.8 Å². The van der Waals surface area contributed by atoms with Crippen molar-refractivity contribution < 1.29 is 23.9 Å². The van der Waals surface area contributed by atoms with Crippen LogP contribution in [0.25, 0.3) is 22.6 Å². The lowest BCUT2D eigenvalue weighted by Crippen LogP contribution is -2.38. The number of aromatic nitrogens is 3. The van der Waals surface area contributed by atoms with Crippen LogP contribution in [0.1, 0.15) is 36.3 Å². The number of methoxy groups -OCH3 is 1. The molecule has 3 heterocycles. The molecule has 0 spiro atoms. The van der Waals surface area contributed by atoms with Gasteiger partial charge in [-0.15, -0.1) is 0 Å². The van der Waals surface area contributed by atoms with Crippen LogP contribution in [0.3, 0.4) is 0 Å². The van der Waals surface area contributed by atoms with Crippen molar-refractivity contribution >= 4 is 23.3 Å². The summed E-state index contributed by atoms with van der Waals surface area (Å²) < 4.78 is 16.3. The summed E-state index contributed by atoms with van der Waals surface area (Å²) >= 11 is 6.64. The standard InChI is InChI=1S/C29H39ClN6O5/c1-17-27(26-18(2)35-41-19(26)3)33-29(23-13-22(8-9-24(23)30)40-15-21(37)14-31-4)34-28(17)32-11-10-20-7-6-12-36(20)25(38)16-39-5/h8-9,13,20-21,31,37H,6-7,10-12,14-16H2,1-5H3,(H,32,33,34)/t20-,21+/m0/s1. The zero-order chi connectivity index (χ0) is 29.5. The number of halogens is 1. The SMILES string of the molecule is CNC[C@@H](O)COc1ccc(Cl)c(-c2nc(NCC[C@@H]3CCCN3C(=O)COC)c(C)c(-c3c(C)noc3C)n2)c1. The van der Waals surface area contributed by atoms with Crippen LogP contribution < -0.4 is 15.4 Å². The Hall–Kier alpha value is -3.25. The third kappa shape index (κ3) is 7.34. The van der Waals surface area contributed by atoms with Gasteiger partial charge in [-0.3, -0.25) is 4.79 Å². The number of nitrogens with zero attached hydrogens (tertiary/aromatic N) is 4. The minimum atomic E-state index is -0.655. The second-order valence-electron chi connectivity index (χ2n) is 10.3. The van der Waals surface area contributed by atoms with Crippen molar-refractivity contribution in [1.82, 2.24) is 25.3 Å². The summed E-state index contributed by atoms with van der Waals surface area (Å²) in [6.07, 6.45) is 2.06. The lowest BCUT2D eigenvalue weighted by molar-refractivity contribution is -0.136. The van der Waals surface area contributed by atoms with Crippen LogP contribution in [0.5, 0.6) is 5.75 Å². The first-order valence-corrected chi connectivity index (χ1v) is 14.2. The molecule has 12 heteroatoms. The summed E-state index contributed by atoms with van der Waals surface area (Å²) in [5.41, 5.74) is 3.66. The largest absolute Gasteiger partial charge is 0.491 e. The molecule has 1 saturated heterocycles. The summed E-state index contributed by atoms with van der Waals surface area (Å²) in [4.78, 5) is 24.2. The van der Waals surface area contributed by atoms with Crippen LogP contribution >= 0.6 is 11.6 Å². The van der Waals surface area contributed by atoms with Gasteiger partial charge < -0.3 is 34.6 Å². The van der Waals surface area contributed by atoms with Gasteiger partial charge in [0.15, 0.2) is 5.82 Å². The van der Waals surface area contributed by atoms with E-state index in [1.54, 1.807) is 25.2 Å². The maximum atomic E-state index is 12.5. The predicted octanol–water partition coefficient (Wildman–Crippen LogP) is 3.78. The fourth-order valence-corrected chi connectivity index (χ4v) is 5.36. The number of likely N-dealkylation sites (tertiary alicyclic amines) is 1. The van der Waals surface area contributed by atoms with Gasteiger partial charge in [0.1, 0.15) is 36.6 Å². The number of benzene rings is 1. The Kier molecular flexibility index (Phi) is 10.5. The highest BCUT2D eigenvalue weighted by molar-refractivity contribution is 6.33. The Balaban J connectivity index is 1.64. The maximum Gasteiger partial charge on any atom is 0.248 e. The number of likely N-dealkylation sites (N-methyl/N-ethyl adjacent to an activating group) is 1. The Morgan fingerprint density at radius 2 is 2.10 bits per heavy atom. The van der Waals surface area contributed by atoms with Crippen LogP contribution in [-0.2, 0) is 9.53 Å². The van der Waals surface area contributed by atoms with E-state index in [9.17, 15) is 9.90 Å². The normalized spacial score (nSPS) is 15.8. The number of anilines is 1. The molecule has 1 aliphatic heterocycles. The highest BCUT2D eigenvalue weighted by atomic mass is 35.5. The average Bonchev–Trinajstić information content (AvgIpc) is 3.55. The monoisotopic (exact) mass is 586 g/mol. The van der Waals surface area contributed by atoms with Gasteiger partial charge in [-0.25, -0.2) is 9.97 Å². The molecule has 4 rings (SSSR count). The molecule has 2 atom stereocenters. The van der Waals surface area contributed by atoms with Gasteiger partial charge in [0.25, 0.3) is 0 Å². The minimum absolute atomic E-state index is 0.0198. The molecule has 0 saturated carbocycles. The molecule has 3 aromatic rings. The molecule has 0 bridgehead atoms. The van der Waals surface area contributed by atoms with Gasteiger partial charge in [0.05, 0.1) is 22.0 Å². The fraction of sp³-hybridized carbons (Fsp3) is 0.517. The number of aryl methyl sites for hydroxylation is 2. The quantitative estimate of drug-likeness (QED) is 0.271. The number of ether oxygens (including phenoxy) is 2. The highest BCUT2D eigenvalue weighted by Gasteiger charge is 2.28. The van der Waals surface area contributed by atoms with Crippen molar-refractivity contribution in [2.75, 3.05) is 52.3 Å². The first kappa shape index (κ1) is 30.7. The molecule has 0 unspecified atom stereocenters. The molecule has 3 N–H and O–H groups in total. The lowest BCUT2D eigenvalue weighted by Gasteiger charge is -2.25. The first-order valence-electron chi connectivity index (χ1n) is 13.8.